The van der Waals surface area contributed by atoms with Gasteiger partial charge in [-0.05, 0) is 15.9 Å². The number of hydrogen-bond acceptors (Lipinski definition) is 5. The van der Waals surface area contributed by atoms with Gasteiger partial charge < -0.3 is 14.9 Å². The third-order valence-corrected chi connectivity index (χ3v) is 5.35. The van der Waals surface area contributed by atoms with Crippen LogP contribution in [0.25, 0.3) is 9.40 Å². The van der Waals surface area contributed by atoms with Gasteiger partial charge in [-0.3, -0.25) is 0 Å². The van der Waals surface area contributed by atoms with Crippen molar-refractivity contribution in [3.8, 4) is 5.75 Å². The van der Waals surface area contributed by atoms with E-state index in [2.05, 4.69) is 15.9 Å². The lowest BCUT2D eigenvalue weighted by Gasteiger charge is -2.01. The fourth-order valence-electron chi connectivity index (χ4n) is 1.24. The second-order valence-electron chi connectivity index (χ2n) is 2.99. The molecule has 0 saturated heterocycles. The predicted octanol–water partition coefficient (Wildman–Crippen LogP) is 2.89. The maximum atomic E-state index is 11.0. The van der Waals surface area contributed by atoms with Crippen molar-refractivity contribution in [2.75, 3.05) is 6.61 Å². The van der Waals surface area contributed by atoms with Gasteiger partial charge in [0.1, 0.15) is 0 Å². The third-order valence-electron chi connectivity index (χ3n) is 1.85. The molecule has 0 atom stereocenters. The molecule has 0 fully saturated rings. The van der Waals surface area contributed by atoms with Crippen LogP contribution in [0.1, 0.15) is 9.67 Å². The quantitative estimate of drug-likeness (QED) is 0.896. The molecule has 0 aliphatic carbocycles. The van der Waals surface area contributed by atoms with E-state index in [0.717, 1.165) is 20.5 Å². The molecule has 0 amide bonds. The SMILES string of the molecule is O=C(O)COc1c(C(=O)O)sc2c(Br)csc12. The molecule has 0 saturated carbocycles. The van der Waals surface area contributed by atoms with Crippen molar-refractivity contribution in [2.45, 2.75) is 0 Å². The van der Waals surface area contributed by atoms with Crippen LogP contribution in [-0.2, 0) is 4.79 Å². The average molecular weight is 337 g/mol. The number of fused-ring (bicyclic) bond motifs is 1. The first-order valence-corrected chi connectivity index (χ1v) is 6.77. The molecule has 2 aromatic rings. The maximum Gasteiger partial charge on any atom is 0.349 e. The molecule has 0 aliphatic heterocycles. The van der Waals surface area contributed by atoms with Gasteiger partial charge >= 0.3 is 11.9 Å². The van der Waals surface area contributed by atoms with Crippen molar-refractivity contribution in [3.05, 3.63) is 14.7 Å². The highest BCUT2D eigenvalue weighted by Crippen LogP contribution is 2.45. The van der Waals surface area contributed by atoms with Crippen molar-refractivity contribution in [1.82, 2.24) is 0 Å². The van der Waals surface area contributed by atoms with Crippen LogP contribution in [0.4, 0.5) is 0 Å². The van der Waals surface area contributed by atoms with Crippen molar-refractivity contribution >= 4 is 59.9 Å². The van der Waals surface area contributed by atoms with Gasteiger partial charge in [-0.25, -0.2) is 9.59 Å². The second-order valence-corrected chi connectivity index (χ2v) is 5.74. The van der Waals surface area contributed by atoms with E-state index in [-0.39, 0.29) is 10.6 Å². The van der Waals surface area contributed by atoms with Crippen molar-refractivity contribution in [2.24, 2.45) is 0 Å². The van der Waals surface area contributed by atoms with Crippen LogP contribution < -0.4 is 4.74 Å². The van der Waals surface area contributed by atoms with E-state index < -0.39 is 18.5 Å². The van der Waals surface area contributed by atoms with Crippen LogP contribution in [0.15, 0.2) is 9.85 Å². The Morgan fingerprint density at radius 1 is 1.35 bits per heavy atom. The Morgan fingerprint density at radius 3 is 2.65 bits per heavy atom. The second kappa shape index (κ2) is 4.63. The van der Waals surface area contributed by atoms with Crippen molar-refractivity contribution < 1.29 is 24.5 Å². The van der Waals surface area contributed by atoms with E-state index in [4.69, 9.17) is 14.9 Å². The Bertz CT molecular complexity index is 600. The molecule has 2 N–H and O–H groups in total. The summed E-state index contributed by atoms with van der Waals surface area (Å²) in [4.78, 5) is 21.5. The van der Waals surface area contributed by atoms with Gasteiger partial charge in [0, 0.05) is 9.85 Å². The molecule has 17 heavy (non-hydrogen) atoms. The number of hydrogen-bond donors (Lipinski definition) is 2. The molecule has 0 aliphatic rings. The first-order chi connectivity index (χ1) is 8.00. The minimum Gasteiger partial charge on any atom is -0.479 e. The monoisotopic (exact) mass is 336 g/mol. The van der Waals surface area contributed by atoms with E-state index in [1.165, 1.54) is 11.3 Å². The minimum atomic E-state index is -1.14. The van der Waals surface area contributed by atoms with Gasteiger partial charge in [0.2, 0.25) is 0 Å². The fourth-order valence-corrected chi connectivity index (χ4v) is 4.21. The smallest absolute Gasteiger partial charge is 0.349 e. The van der Waals surface area contributed by atoms with Gasteiger partial charge in [-0.2, -0.15) is 0 Å². The number of thiophene rings is 2. The first-order valence-electron chi connectivity index (χ1n) is 4.28. The van der Waals surface area contributed by atoms with Gasteiger partial charge in [0.15, 0.2) is 17.2 Å². The van der Waals surface area contributed by atoms with Crippen LogP contribution in [0, 0.1) is 0 Å². The number of carbonyl (C=O) groups is 2. The summed E-state index contributed by atoms with van der Waals surface area (Å²) in [6.07, 6.45) is 0. The Kier molecular flexibility index (Phi) is 3.36. The highest BCUT2D eigenvalue weighted by molar-refractivity contribution is 9.10. The Labute approximate surface area is 111 Å². The number of carboxylic acids is 2. The number of halogens is 1. The maximum absolute atomic E-state index is 11.0. The number of ether oxygens (including phenoxy) is 1. The number of rotatable bonds is 4. The number of carboxylic acid groups (broad SMARTS) is 2. The Balaban J connectivity index is 2.51. The molecule has 2 heterocycles. The highest BCUT2D eigenvalue weighted by Gasteiger charge is 2.22. The molecule has 2 rings (SSSR count). The summed E-state index contributed by atoms with van der Waals surface area (Å²) in [6.45, 7) is -0.554. The third kappa shape index (κ3) is 2.28. The fraction of sp³-hybridized carbons (Fsp3) is 0.111. The lowest BCUT2D eigenvalue weighted by atomic mass is 10.4. The van der Waals surface area contributed by atoms with E-state index in [9.17, 15) is 9.59 Å². The summed E-state index contributed by atoms with van der Waals surface area (Å²) in [6, 6.07) is 0. The van der Waals surface area contributed by atoms with Crippen LogP contribution in [0.2, 0.25) is 0 Å². The topological polar surface area (TPSA) is 83.8 Å². The zero-order chi connectivity index (χ0) is 12.6. The van der Waals surface area contributed by atoms with Gasteiger partial charge in [-0.15, -0.1) is 22.7 Å². The largest absolute Gasteiger partial charge is 0.479 e. The zero-order valence-electron chi connectivity index (χ0n) is 8.10. The van der Waals surface area contributed by atoms with Gasteiger partial charge in [-0.1, -0.05) is 0 Å². The lowest BCUT2D eigenvalue weighted by molar-refractivity contribution is -0.139. The standard InChI is InChI=1S/C9H5BrO5S2/c10-3-2-16-7-5(15-1-4(11)12)8(9(13)14)17-6(3)7/h2H,1H2,(H,11,12)(H,13,14). The molecule has 0 radical (unpaired) electrons. The molecule has 8 heteroatoms. The van der Waals surface area contributed by atoms with Crippen molar-refractivity contribution in [3.63, 3.8) is 0 Å². The molecule has 2 aromatic heterocycles. The summed E-state index contributed by atoms with van der Waals surface area (Å²) in [5, 5.41) is 19.4. The minimum absolute atomic E-state index is 0.0220. The molecule has 5 nitrogen and oxygen atoms in total. The molecule has 0 spiro atoms. The summed E-state index contributed by atoms with van der Waals surface area (Å²) < 4.78 is 7.24. The van der Waals surface area contributed by atoms with Crippen molar-refractivity contribution in [1.29, 1.82) is 0 Å². The average Bonchev–Trinajstić information content (AvgIpc) is 2.76. The summed E-state index contributed by atoms with van der Waals surface area (Å²) in [5.41, 5.74) is 0. The van der Waals surface area contributed by atoms with E-state index in [1.54, 1.807) is 5.38 Å². The molecule has 0 unspecified atom stereocenters. The molecule has 0 bridgehead atoms. The normalized spacial score (nSPS) is 10.6. The van der Waals surface area contributed by atoms with Crippen LogP contribution in [-0.4, -0.2) is 28.8 Å². The van der Waals surface area contributed by atoms with E-state index >= 15 is 0 Å². The molecule has 90 valence electrons. The van der Waals surface area contributed by atoms with Crippen LogP contribution >= 0.6 is 38.6 Å². The summed E-state index contributed by atoms with van der Waals surface area (Å²) in [7, 11) is 0. The van der Waals surface area contributed by atoms with E-state index in [0.29, 0.717) is 4.70 Å². The highest BCUT2D eigenvalue weighted by atomic mass is 79.9. The van der Waals surface area contributed by atoms with Crippen LogP contribution in [0.3, 0.4) is 0 Å². The predicted molar refractivity (Wildman–Crippen MR) is 67.5 cm³/mol. The van der Waals surface area contributed by atoms with Crippen LogP contribution in [0.5, 0.6) is 5.75 Å². The lowest BCUT2D eigenvalue weighted by Crippen LogP contribution is -2.10. The van der Waals surface area contributed by atoms with Gasteiger partial charge in [0.05, 0.1) is 9.40 Å². The molecular formula is C9H5BrO5S2. The van der Waals surface area contributed by atoms with Gasteiger partial charge in [0.25, 0.3) is 0 Å². The number of aromatic carboxylic acids is 1. The summed E-state index contributed by atoms with van der Waals surface area (Å²) >= 11 is 5.68. The Morgan fingerprint density at radius 2 is 2.06 bits per heavy atom. The molecule has 0 aromatic carbocycles. The number of aliphatic carboxylic acids is 1. The van der Waals surface area contributed by atoms with E-state index in [1.807, 2.05) is 0 Å². The first kappa shape index (κ1) is 12.3. The molecular weight excluding hydrogens is 332 g/mol. The zero-order valence-corrected chi connectivity index (χ0v) is 11.3. The Hall–Kier alpha value is -1.12. The summed E-state index contributed by atoms with van der Waals surface area (Å²) in [5.74, 6) is -2.13.